The fourth-order valence-corrected chi connectivity index (χ4v) is 3.27. The zero-order valence-electron chi connectivity index (χ0n) is 13.0. The van der Waals surface area contributed by atoms with Crippen LogP contribution in [0.2, 0.25) is 0 Å². The van der Waals surface area contributed by atoms with E-state index in [1.54, 1.807) is 6.21 Å². The average Bonchev–Trinajstić information content (AvgIpc) is 2.90. The van der Waals surface area contributed by atoms with Crippen LogP contribution in [0.15, 0.2) is 69.6 Å². The van der Waals surface area contributed by atoms with Crippen LogP contribution in [0, 0.1) is 6.92 Å². The molecule has 3 heterocycles. The predicted molar refractivity (Wildman–Crippen MR) is 94.4 cm³/mol. The van der Waals surface area contributed by atoms with Gasteiger partial charge in [-0.3, -0.25) is 4.90 Å². The minimum Gasteiger partial charge on any atom is -0.359 e. The number of aliphatic imine (C=N–C) groups is 3. The second-order valence-electron chi connectivity index (χ2n) is 6.07. The molecule has 1 N–H and O–H groups in total. The molecule has 3 aliphatic heterocycles. The van der Waals surface area contributed by atoms with Gasteiger partial charge < -0.3 is 5.11 Å². The third-order valence-electron chi connectivity index (χ3n) is 4.51. The Kier molecular flexibility index (Phi) is 2.51. The van der Waals surface area contributed by atoms with E-state index in [4.69, 9.17) is 4.99 Å². The van der Waals surface area contributed by atoms with Crippen LogP contribution in [0.5, 0.6) is 0 Å². The summed E-state index contributed by atoms with van der Waals surface area (Å²) in [5, 5.41) is 11.4. The fourth-order valence-electron chi connectivity index (χ4n) is 3.27. The van der Waals surface area contributed by atoms with Crippen molar-refractivity contribution >= 4 is 29.4 Å². The largest absolute Gasteiger partial charge is 0.359 e. The molecule has 0 radical (unpaired) electrons. The maximum atomic E-state index is 11.4. The highest BCUT2D eigenvalue weighted by Crippen LogP contribution is 2.44. The van der Waals surface area contributed by atoms with E-state index < -0.39 is 5.72 Å². The van der Waals surface area contributed by atoms with Gasteiger partial charge in [-0.15, -0.1) is 0 Å². The van der Waals surface area contributed by atoms with Crippen LogP contribution < -0.4 is 0 Å². The Morgan fingerprint density at radius 1 is 1.04 bits per heavy atom. The summed E-state index contributed by atoms with van der Waals surface area (Å²) in [6, 6.07) is 15.6. The number of aliphatic hydroxyl groups is 1. The summed E-state index contributed by atoms with van der Waals surface area (Å²) in [5.41, 5.74) is 3.05. The molecule has 24 heavy (non-hydrogen) atoms. The van der Waals surface area contributed by atoms with Gasteiger partial charge >= 0.3 is 0 Å². The Morgan fingerprint density at radius 2 is 1.83 bits per heavy atom. The lowest BCUT2D eigenvalue weighted by Crippen LogP contribution is -2.42. The van der Waals surface area contributed by atoms with Crippen molar-refractivity contribution in [3.05, 3.63) is 71.3 Å². The van der Waals surface area contributed by atoms with Gasteiger partial charge in [-0.1, -0.05) is 48.0 Å². The van der Waals surface area contributed by atoms with Crippen molar-refractivity contribution < 1.29 is 5.11 Å². The topological polar surface area (TPSA) is 60.6 Å². The number of aryl methyl sites for hydroxylation is 1. The Morgan fingerprint density at radius 3 is 2.67 bits per heavy atom. The quantitative estimate of drug-likeness (QED) is 0.879. The number of fused-ring (bicyclic) bond motifs is 2. The predicted octanol–water partition coefficient (Wildman–Crippen LogP) is 2.98. The molecule has 2 aromatic rings. The Labute approximate surface area is 139 Å². The van der Waals surface area contributed by atoms with Gasteiger partial charge in [0.25, 0.3) is 0 Å². The van der Waals surface area contributed by atoms with E-state index in [0.29, 0.717) is 17.4 Å². The van der Waals surface area contributed by atoms with Crippen LogP contribution in [0.1, 0.15) is 16.7 Å². The number of guanidine groups is 1. The molecule has 0 aliphatic carbocycles. The Bertz CT molecular complexity index is 985. The molecule has 0 aromatic heterocycles. The minimum atomic E-state index is -1.53. The summed E-state index contributed by atoms with van der Waals surface area (Å²) in [6.07, 6.45) is 3.64. The van der Waals surface area contributed by atoms with Crippen LogP contribution in [-0.2, 0) is 5.72 Å². The molecular weight excluding hydrogens is 300 g/mol. The van der Waals surface area contributed by atoms with Crippen molar-refractivity contribution in [1.82, 2.24) is 4.90 Å². The number of para-hydroxylation sites is 1. The van der Waals surface area contributed by atoms with Crippen LogP contribution >= 0.6 is 0 Å². The highest BCUT2D eigenvalue weighted by atomic mass is 16.3. The van der Waals surface area contributed by atoms with Crippen LogP contribution in [-0.4, -0.2) is 28.0 Å². The number of nitrogens with zero attached hydrogens (tertiary/aromatic N) is 4. The van der Waals surface area contributed by atoms with Gasteiger partial charge in [0, 0.05) is 17.3 Å². The van der Waals surface area contributed by atoms with Gasteiger partial charge in [0.1, 0.15) is 0 Å². The second kappa shape index (κ2) is 4.49. The summed E-state index contributed by atoms with van der Waals surface area (Å²) in [6.45, 7) is 2.01. The van der Waals surface area contributed by atoms with E-state index in [9.17, 15) is 5.11 Å². The first-order valence-corrected chi connectivity index (χ1v) is 7.79. The summed E-state index contributed by atoms with van der Waals surface area (Å²) in [7, 11) is 0. The summed E-state index contributed by atoms with van der Waals surface area (Å²) in [5.74, 6) is 0.937. The molecule has 5 rings (SSSR count). The zero-order valence-corrected chi connectivity index (χ0v) is 13.0. The normalized spacial score (nSPS) is 23.2. The number of rotatable bonds is 1. The molecule has 0 spiro atoms. The van der Waals surface area contributed by atoms with E-state index in [1.165, 1.54) is 0 Å². The van der Waals surface area contributed by atoms with E-state index in [0.717, 1.165) is 22.5 Å². The first-order valence-electron chi connectivity index (χ1n) is 7.79. The number of allylic oxidation sites excluding steroid dienone is 1. The van der Waals surface area contributed by atoms with Crippen molar-refractivity contribution in [2.24, 2.45) is 15.0 Å². The maximum absolute atomic E-state index is 11.4. The van der Waals surface area contributed by atoms with Crippen molar-refractivity contribution in [1.29, 1.82) is 0 Å². The molecule has 2 aromatic carbocycles. The molecule has 1 atom stereocenters. The van der Waals surface area contributed by atoms with Crippen molar-refractivity contribution in [2.45, 2.75) is 12.6 Å². The molecule has 5 nitrogen and oxygen atoms in total. The molecule has 116 valence electrons. The van der Waals surface area contributed by atoms with E-state index in [1.807, 2.05) is 66.4 Å². The molecule has 0 bridgehead atoms. The summed E-state index contributed by atoms with van der Waals surface area (Å²) >= 11 is 0. The first kappa shape index (κ1) is 13.4. The number of hydrogen-bond acceptors (Lipinski definition) is 5. The standard InChI is InChI=1S/C19H14N4O/c1-12-6-8-13(9-7-12)19(24)17-21-15-5-3-2-4-14(15)16-10-11-20-18(22-19)23(16)17/h2-11,24H,1H3. The monoisotopic (exact) mass is 314 g/mol. The van der Waals surface area contributed by atoms with Crippen LogP contribution in [0.3, 0.4) is 0 Å². The highest BCUT2D eigenvalue weighted by molar-refractivity contribution is 6.22. The zero-order chi connectivity index (χ0) is 16.3. The fraction of sp³-hybridized carbons (Fsp3) is 0.105. The van der Waals surface area contributed by atoms with E-state index >= 15 is 0 Å². The lowest BCUT2D eigenvalue weighted by molar-refractivity contribution is 0.122. The highest BCUT2D eigenvalue weighted by Gasteiger charge is 2.50. The lowest BCUT2D eigenvalue weighted by Gasteiger charge is -2.32. The first-order chi connectivity index (χ1) is 11.7. The van der Waals surface area contributed by atoms with Crippen molar-refractivity contribution in [3.8, 4) is 0 Å². The van der Waals surface area contributed by atoms with E-state index in [2.05, 4.69) is 9.98 Å². The lowest BCUT2D eigenvalue weighted by atomic mass is 9.98. The third kappa shape index (κ3) is 1.64. The maximum Gasteiger partial charge on any atom is 0.246 e. The molecule has 0 fully saturated rings. The molecular formula is C19H14N4O. The number of hydrogen-bond donors (Lipinski definition) is 1. The molecule has 3 aliphatic rings. The molecule has 0 amide bonds. The van der Waals surface area contributed by atoms with Gasteiger partial charge in [-0.25, -0.2) is 15.0 Å². The van der Waals surface area contributed by atoms with Gasteiger partial charge in [0.2, 0.25) is 11.7 Å². The molecule has 0 saturated carbocycles. The second-order valence-corrected chi connectivity index (χ2v) is 6.07. The molecule has 5 heteroatoms. The SMILES string of the molecule is Cc1ccc(C2(O)N=C3N=CC=C4c5ccccc5N=C2N43)cc1. The average molecular weight is 314 g/mol. The van der Waals surface area contributed by atoms with Crippen molar-refractivity contribution in [2.75, 3.05) is 0 Å². The third-order valence-corrected chi connectivity index (χ3v) is 4.51. The minimum absolute atomic E-state index is 0.462. The van der Waals surface area contributed by atoms with Crippen molar-refractivity contribution in [3.63, 3.8) is 0 Å². The van der Waals surface area contributed by atoms with Gasteiger partial charge in [0.05, 0.1) is 11.4 Å². The molecule has 0 saturated heterocycles. The Hall–Kier alpha value is -3.05. The van der Waals surface area contributed by atoms with Crippen LogP contribution in [0.25, 0.3) is 5.70 Å². The Balaban J connectivity index is 1.78. The van der Waals surface area contributed by atoms with Gasteiger partial charge in [0.15, 0.2) is 5.84 Å². The van der Waals surface area contributed by atoms with Gasteiger partial charge in [-0.05, 0) is 19.1 Å². The van der Waals surface area contributed by atoms with Crippen LogP contribution in [0.4, 0.5) is 5.69 Å². The summed E-state index contributed by atoms with van der Waals surface area (Å²) in [4.78, 5) is 15.4. The number of amidine groups is 1. The van der Waals surface area contributed by atoms with E-state index in [-0.39, 0.29) is 0 Å². The smallest absolute Gasteiger partial charge is 0.246 e. The number of benzene rings is 2. The summed E-state index contributed by atoms with van der Waals surface area (Å²) < 4.78 is 0. The van der Waals surface area contributed by atoms with Gasteiger partial charge in [-0.2, -0.15) is 0 Å². The molecule has 1 unspecified atom stereocenters.